The molecule has 0 spiro atoms. The quantitative estimate of drug-likeness (QED) is 0.242. The van der Waals surface area contributed by atoms with Crippen molar-refractivity contribution in [1.29, 1.82) is 0 Å². The Balaban J connectivity index is 1.12. The third-order valence-corrected chi connectivity index (χ3v) is 10.2. The molecule has 3 aliphatic rings. The average Bonchev–Trinajstić information content (AvgIpc) is 3.78. The molecule has 5 aromatic rings. The van der Waals surface area contributed by atoms with Gasteiger partial charge in [-0.3, -0.25) is 4.79 Å². The zero-order valence-corrected chi connectivity index (χ0v) is 29.8. The van der Waals surface area contributed by atoms with E-state index >= 15 is 0 Å². The van der Waals surface area contributed by atoms with Gasteiger partial charge in [0.15, 0.2) is 0 Å². The Morgan fingerprint density at radius 1 is 0.885 bits per heavy atom. The van der Waals surface area contributed by atoms with Crippen molar-refractivity contribution in [1.82, 2.24) is 50.7 Å². The molecule has 3 aromatic heterocycles. The number of anilines is 3. The number of hydrogen-bond acceptors (Lipinski definition) is 13. The number of aromatic hydroxyl groups is 1. The van der Waals surface area contributed by atoms with Crippen LogP contribution in [0.15, 0.2) is 48.7 Å². The molecule has 0 aliphatic carbocycles. The molecule has 0 saturated carbocycles. The number of nitrogens with zero attached hydrogens (tertiary/aromatic N) is 12. The molecule has 6 heterocycles. The first-order valence-electron chi connectivity index (χ1n) is 17.9. The van der Waals surface area contributed by atoms with Gasteiger partial charge in [-0.2, -0.15) is 0 Å². The molecule has 0 radical (unpaired) electrons. The summed E-state index contributed by atoms with van der Waals surface area (Å²) in [6, 6.07) is 13.4. The van der Waals surface area contributed by atoms with Gasteiger partial charge in [-0.25, -0.2) is 14.3 Å². The molecule has 1 amide bonds. The molecule has 16 heteroatoms. The van der Waals surface area contributed by atoms with E-state index in [-0.39, 0.29) is 29.8 Å². The Bertz CT molecular complexity index is 2130. The normalized spacial score (nSPS) is 17.1. The van der Waals surface area contributed by atoms with Gasteiger partial charge < -0.3 is 29.9 Å². The van der Waals surface area contributed by atoms with Crippen LogP contribution in [-0.2, 0) is 20.5 Å². The van der Waals surface area contributed by atoms with E-state index in [4.69, 9.17) is 9.72 Å². The minimum Gasteiger partial charge on any atom is -0.508 e. The highest BCUT2D eigenvalue weighted by Gasteiger charge is 2.32. The lowest BCUT2D eigenvalue weighted by atomic mass is 9.91. The molecule has 8 rings (SSSR count). The predicted octanol–water partition coefficient (Wildman–Crippen LogP) is 3.25. The SMILES string of the molecule is CC(C)Oc1ccc2c(c1)N(C1CCN(c3nnnn3C)CC1)C=C(c1nc3cc(O)ccc3cc1C(=O)NC1CCN(c3nnnn3C)CC1)C2. The number of hydrogen-bond donors (Lipinski definition) is 2. The number of carbonyl (C=O) groups excluding carboxylic acids is 1. The molecule has 52 heavy (non-hydrogen) atoms. The second-order valence-corrected chi connectivity index (χ2v) is 14.1. The molecule has 2 fully saturated rings. The van der Waals surface area contributed by atoms with Crippen LogP contribution in [0.5, 0.6) is 11.5 Å². The number of amides is 1. The first-order chi connectivity index (χ1) is 25.2. The third kappa shape index (κ3) is 6.55. The molecular formula is C36H43N13O3. The molecule has 16 nitrogen and oxygen atoms in total. The summed E-state index contributed by atoms with van der Waals surface area (Å²) in [5, 5.41) is 38.5. The first-order valence-corrected chi connectivity index (χ1v) is 17.9. The van der Waals surface area contributed by atoms with Gasteiger partial charge in [0, 0.05) is 88.2 Å². The van der Waals surface area contributed by atoms with E-state index in [9.17, 15) is 9.90 Å². The largest absolute Gasteiger partial charge is 0.508 e. The van der Waals surface area contributed by atoms with E-state index in [1.54, 1.807) is 27.6 Å². The van der Waals surface area contributed by atoms with Gasteiger partial charge in [-0.1, -0.05) is 16.3 Å². The van der Waals surface area contributed by atoms with E-state index in [2.05, 4.69) is 69.4 Å². The Labute approximate surface area is 301 Å². The van der Waals surface area contributed by atoms with Gasteiger partial charge in [-0.15, -0.1) is 0 Å². The van der Waals surface area contributed by atoms with Crippen LogP contribution < -0.4 is 24.8 Å². The zero-order valence-electron chi connectivity index (χ0n) is 29.8. The fourth-order valence-corrected chi connectivity index (χ4v) is 7.60. The number of benzene rings is 2. The summed E-state index contributed by atoms with van der Waals surface area (Å²) in [5.41, 5.74) is 4.90. The summed E-state index contributed by atoms with van der Waals surface area (Å²) in [4.78, 5) is 26.1. The van der Waals surface area contributed by atoms with E-state index in [1.165, 1.54) is 0 Å². The Morgan fingerprint density at radius 2 is 1.56 bits per heavy atom. The zero-order chi connectivity index (χ0) is 35.9. The fraction of sp³-hybridized carbons (Fsp3) is 0.444. The number of piperidine rings is 2. The number of allylic oxidation sites excluding steroid dienone is 1. The van der Waals surface area contributed by atoms with Crippen molar-refractivity contribution in [2.24, 2.45) is 14.1 Å². The van der Waals surface area contributed by atoms with Crippen molar-refractivity contribution in [2.45, 2.75) is 64.1 Å². The molecule has 0 atom stereocenters. The van der Waals surface area contributed by atoms with Crippen molar-refractivity contribution < 1.29 is 14.6 Å². The minimum absolute atomic E-state index is 0.0143. The van der Waals surface area contributed by atoms with Gasteiger partial charge in [0.05, 0.1) is 22.9 Å². The number of aromatic nitrogens is 9. The lowest BCUT2D eigenvalue weighted by Crippen LogP contribution is -2.45. The van der Waals surface area contributed by atoms with Crippen LogP contribution in [-0.4, -0.2) is 101 Å². The van der Waals surface area contributed by atoms with Gasteiger partial charge in [0.1, 0.15) is 11.5 Å². The number of carbonyl (C=O) groups is 1. The minimum atomic E-state index is -0.166. The van der Waals surface area contributed by atoms with Crippen molar-refractivity contribution in [3.63, 3.8) is 0 Å². The van der Waals surface area contributed by atoms with Crippen LogP contribution in [0.4, 0.5) is 17.6 Å². The highest BCUT2D eigenvalue weighted by atomic mass is 16.5. The second kappa shape index (κ2) is 13.7. The van der Waals surface area contributed by atoms with Crippen molar-refractivity contribution in [3.8, 4) is 11.5 Å². The molecule has 2 N–H and O–H groups in total. The molecule has 270 valence electrons. The van der Waals surface area contributed by atoms with Crippen molar-refractivity contribution >= 4 is 40.0 Å². The van der Waals surface area contributed by atoms with Crippen molar-refractivity contribution in [3.05, 3.63) is 65.5 Å². The number of ether oxygens (including phenoxy) is 1. The van der Waals surface area contributed by atoms with Crippen LogP contribution in [0.3, 0.4) is 0 Å². The summed E-state index contributed by atoms with van der Waals surface area (Å²) in [6.07, 6.45) is 6.07. The third-order valence-electron chi connectivity index (χ3n) is 10.2. The van der Waals surface area contributed by atoms with E-state index in [0.29, 0.717) is 23.2 Å². The number of tetrazole rings is 2. The van der Waals surface area contributed by atoms with Gasteiger partial charge in [-0.05, 0) is 95.8 Å². The average molecular weight is 706 g/mol. The van der Waals surface area contributed by atoms with E-state index in [0.717, 1.165) is 91.7 Å². The summed E-state index contributed by atoms with van der Waals surface area (Å²) in [7, 11) is 3.69. The summed E-state index contributed by atoms with van der Waals surface area (Å²) in [5.74, 6) is 2.26. The van der Waals surface area contributed by atoms with Gasteiger partial charge in [0.2, 0.25) is 11.9 Å². The summed E-state index contributed by atoms with van der Waals surface area (Å²) < 4.78 is 9.51. The Kier molecular flexibility index (Phi) is 8.80. The maximum absolute atomic E-state index is 14.3. The standard InChI is InChI=1S/C36H43N13O3/c1-22(2)52-29-8-6-24-17-25(21-49(32(24)20-29)27-11-15-48(16-12-27)36-40-42-44-46(36)4)33-30(18-23-5-7-28(50)19-31(23)38-33)34(51)37-26-9-13-47(14-10-26)35-39-41-43-45(35)3/h5-8,18-22,26-27,50H,9-17H2,1-4H3,(H,37,51). The maximum atomic E-state index is 14.3. The van der Waals surface area contributed by atoms with Crippen LogP contribution in [0.25, 0.3) is 16.5 Å². The highest BCUT2D eigenvalue weighted by molar-refractivity contribution is 6.02. The number of phenolic OH excluding ortho intramolecular Hbond substituents is 1. The number of aryl methyl sites for hydroxylation is 2. The smallest absolute Gasteiger partial charge is 0.253 e. The Morgan fingerprint density at radius 3 is 2.19 bits per heavy atom. The topological polar surface area (TPSA) is 168 Å². The first kappa shape index (κ1) is 33.3. The highest BCUT2D eigenvalue weighted by Crippen LogP contribution is 2.40. The monoisotopic (exact) mass is 705 g/mol. The maximum Gasteiger partial charge on any atom is 0.253 e. The molecule has 0 bridgehead atoms. The lowest BCUT2D eigenvalue weighted by molar-refractivity contribution is 0.0930. The van der Waals surface area contributed by atoms with Crippen LogP contribution in [0, 0.1) is 0 Å². The number of rotatable bonds is 8. The molecule has 2 aromatic carbocycles. The number of phenols is 1. The lowest BCUT2D eigenvalue weighted by Gasteiger charge is -2.41. The summed E-state index contributed by atoms with van der Waals surface area (Å²) >= 11 is 0. The predicted molar refractivity (Wildman–Crippen MR) is 195 cm³/mol. The van der Waals surface area contributed by atoms with E-state index in [1.807, 2.05) is 40.1 Å². The van der Waals surface area contributed by atoms with Crippen LogP contribution >= 0.6 is 0 Å². The fourth-order valence-electron chi connectivity index (χ4n) is 7.60. The van der Waals surface area contributed by atoms with Crippen LogP contribution in [0.2, 0.25) is 0 Å². The van der Waals surface area contributed by atoms with Crippen molar-refractivity contribution in [2.75, 3.05) is 40.9 Å². The molecule has 0 unspecified atom stereocenters. The summed E-state index contributed by atoms with van der Waals surface area (Å²) in [6.45, 7) is 7.10. The molecular weight excluding hydrogens is 662 g/mol. The Hall–Kier alpha value is -5.80. The second-order valence-electron chi connectivity index (χ2n) is 14.1. The van der Waals surface area contributed by atoms with Gasteiger partial charge >= 0.3 is 0 Å². The number of nitrogens with one attached hydrogen (secondary N) is 1. The van der Waals surface area contributed by atoms with Crippen LogP contribution in [0.1, 0.15) is 61.1 Å². The van der Waals surface area contributed by atoms with E-state index < -0.39 is 0 Å². The van der Waals surface area contributed by atoms with Gasteiger partial charge in [0.25, 0.3) is 5.91 Å². The number of pyridine rings is 1. The number of fused-ring (bicyclic) bond motifs is 2. The molecule has 2 saturated heterocycles. The molecule has 3 aliphatic heterocycles.